The van der Waals surface area contributed by atoms with Crippen molar-refractivity contribution in [2.45, 2.75) is 0 Å². The largest absolute Gasteiger partial charge is 0.477 e. The zero-order valence-corrected chi connectivity index (χ0v) is 9.80. The highest BCUT2D eigenvalue weighted by atomic mass is 16.4. The van der Waals surface area contributed by atoms with Gasteiger partial charge in [0.25, 0.3) is 5.91 Å². The van der Waals surface area contributed by atoms with E-state index < -0.39 is 5.97 Å². The van der Waals surface area contributed by atoms with E-state index in [9.17, 15) is 9.59 Å². The molecule has 0 aromatic carbocycles. The number of carboxylic acids is 1. The average Bonchev–Trinajstić information content (AvgIpc) is 2.28. The molecule has 0 aliphatic heterocycles. The minimum atomic E-state index is -1.15. The Labute approximate surface area is 99.3 Å². The summed E-state index contributed by atoms with van der Waals surface area (Å²) >= 11 is 0. The number of carbonyl (C=O) groups excluding carboxylic acids is 1. The van der Waals surface area contributed by atoms with Crippen molar-refractivity contribution in [3.63, 3.8) is 0 Å². The summed E-state index contributed by atoms with van der Waals surface area (Å²) in [5.74, 6) is -1.51. The van der Waals surface area contributed by atoms with Gasteiger partial charge in [0.15, 0.2) is 0 Å². The maximum Gasteiger partial charge on any atom is 0.354 e. The molecule has 6 nitrogen and oxygen atoms in total. The first-order valence-electron chi connectivity index (χ1n) is 5.14. The van der Waals surface area contributed by atoms with Gasteiger partial charge in [-0.25, -0.2) is 9.78 Å². The van der Waals surface area contributed by atoms with Gasteiger partial charge in [-0.05, 0) is 26.2 Å². The maximum atomic E-state index is 11.6. The van der Waals surface area contributed by atoms with Gasteiger partial charge in [0.1, 0.15) is 11.4 Å². The molecule has 0 fully saturated rings. The summed E-state index contributed by atoms with van der Waals surface area (Å²) in [6, 6.07) is 4.33. The van der Waals surface area contributed by atoms with Gasteiger partial charge in [-0.1, -0.05) is 6.07 Å². The van der Waals surface area contributed by atoms with E-state index >= 15 is 0 Å². The molecule has 1 amide bonds. The molecular formula is C11H15N3O3. The van der Waals surface area contributed by atoms with Gasteiger partial charge in [-0.3, -0.25) is 4.79 Å². The van der Waals surface area contributed by atoms with Gasteiger partial charge >= 0.3 is 5.97 Å². The smallest absolute Gasteiger partial charge is 0.354 e. The van der Waals surface area contributed by atoms with Gasteiger partial charge in [0, 0.05) is 13.1 Å². The number of carboxylic acid groups (broad SMARTS) is 1. The van der Waals surface area contributed by atoms with Gasteiger partial charge < -0.3 is 15.3 Å². The lowest BCUT2D eigenvalue weighted by atomic mass is 10.3. The summed E-state index contributed by atoms with van der Waals surface area (Å²) in [7, 11) is 3.80. The molecule has 0 unspecified atom stereocenters. The first-order valence-corrected chi connectivity index (χ1v) is 5.14. The monoisotopic (exact) mass is 237 g/mol. The van der Waals surface area contributed by atoms with E-state index in [0.29, 0.717) is 13.1 Å². The number of pyridine rings is 1. The fourth-order valence-corrected chi connectivity index (χ4v) is 1.16. The summed E-state index contributed by atoms with van der Waals surface area (Å²) in [6.45, 7) is 1.20. The van der Waals surface area contributed by atoms with Crippen molar-refractivity contribution in [2.24, 2.45) is 0 Å². The van der Waals surface area contributed by atoms with E-state index in [0.717, 1.165) is 0 Å². The molecule has 1 heterocycles. The van der Waals surface area contributed by atoms with Crippen LogP contribution in [0.25, 0.3) is 0 Å². The molecule has 0 radical (unpaired) electrons. The summed E-state index contributed by atoms with van der Waals surface area (Å²) in [6.07, 6.45) is 0. The number of aromatic nitrogens is 1. The van der Waals surface area contributed by atoms with Crippen LogP contribution in [-0.4, -0.2) is 54.1 Å². The average molecular weight is 237 g/mol. The number of hydrogen-bond acceptors (Lipinski definition) is 4. The first-order chi connectivity index (χ1) is 8.00. The third-order valence-electron chi connectivity index (χ3n) is 2.05. The minimum Gasteiger partial charge on any atom is -0.477 e. The van der Waals surface area contributed by atoms with Gasteiger partial charge in [0.2, 0.25) is 0 Å². The summed E-state index contributed by atoms with van der Waals surface area (Å²) < 4.78 is 0. The fraction of sp³-hybridized carbons (Fsp3) is 0.364. The summed E-state index contributed by atoms with van der Waals surface area (Å²) in [4.78, 5) is 28.0. The second-order valence-electron chi connectivity index (χ2n) is 3.77. The number of aromatic carboxylic acids is 1. The van der Waals surface area contributed by atoms with Crippen molar-refractivity contribution in [3.8, 4) is 0 Å². The van der Waals surface area contributed by atoms with Crippen molar-refractivity contribution in [3.05, 3.63) is 29.6 Å². The Morgan fingerprint density at radius 1 is 1.35 bits per heavy atom. The molecule has 1 aromatic heterocycles. The highest BCUT2D eigenvalue weighted by Gasteiger charge is 2.10. The zero-order chi connectivity index (χ0) is 12.8. The van der Waals surface area contributed by atoms with E-state index in [1.165, 1.54) is 18.2 Å². The molecule has 0 saturated heterocycles. The third kappa shape index (κ3) is 4.20. The summed E-state index contributed by atoms with van der Waals surface area (Å²) in [5.41, 5.74) is -0.0195. The molecule has 0 spiro atoms. The van der Waals surface area contributed by atoms with Crippen LogP contribution >= 0.6 is 0 Å². The highest BCUT2D eigenvalue weighted by molar-refractivity contribution is 5.94. The number of rotatable bonds is 5. The number of likely N-dealkylation sites (N-methyl/N-ethyl adjacent to an activating group) is 1. The molecule has 0 atom stereocenters. The molecule has 2 N–H and O–H groups in total. The van der Waals surface area contributed by atoms with Crippen LogP contribution in [0, 0.1) is 0 Å². The topological polar surface area (TPSA) is 82.5 Å². The van der Waals surface area contributed by atoms with Gasteiger partial charge in [-0.15, -0.1) is 0 Å². The molecule has 92 valence electrons. The predicted octanol–water partition coefficient (Wildman–Crippen LogP) is 0.0712. The van der Waals surface area contributed by atoms with Crippen LogP contribution in [0.3, 0.4) is 0 Å². The lowest BCUT2D eigenvalue weighted by molar-refractivity contribution is 0.0690. The molecule has 0 aliphatic carbocycles. The van der Waals surface area contributed by atoms with E-state index in [-0.39, 0.29) is 17.3 Å². The predicted molar refractivity (Wildman–Crippen MR) is 62.1 cm³/mol. The Hall–Kier alpha value is -1.95. The standard InChI is InChI=1S/C11H15N3O3/c1-14(2)7-6-12-10(15)8-4-3-5-9(13-8)11(16)17/h3-5H,6-7H2,1-2H3,(H,12,15)(H,16,17). The molecule has 17 heavy (non-hydrogen) atoms. The van der Waals surface area contributed by atoms with E-state index in [2.05, 4.69) is 10.3 Å². The maximum absolute atomic E-state index is 11.6. The second-order valence-corrected chi connectivity index (χ2v) is 3.77. The van der Waals surface area contributed by atoms with Crippen molar-refractivity contribution < 1.29 is 14.7 Å². The third-order valence-corrected chi connectivity index (χ3v) is 2.05. The Bertz CT molecular complexity index is 418. The Balaban J connectivity index is 2.63. The molecular weight excluding hydrogens is 222 g/mol. The zero-order valence-electron chi connectivity index (χ0n) is 9.80. The molecule has 1 aromatic rings. The fourth-order valence-electron chi connectivity index (χ4n) is 1.16. The van der Waals surface area contributed by atoms with Gasteiger partial charge in [-0.2, -0.15) is 0 Å². The lowest BCUT2D eigenvalue weighted by Gasteiger charge is -2.10. The first kappa shape index (κ1) is 13.1. The molecule has 0 aliphatic rings. The van der Waals surface area contributed by atoms with E-state index in [1.54, 1.807) is 0 Å². The molecule has 1 rings (SSSR count). The highest BCUT2D eigenvalue weighted by Crippen LogP contribution is 1.99. The van der Waals surface area contributed by atoms with Crippen LogP contribution in [0.1, 0.15) is 21.0 Å². The Morgan fingerprint density at radius 2 is 2.00 bits per heavy atom. The van der Waals surface area contributed by atoms with E-state index in [1.807, 2.05) is 19.0 Å². The summed E-state index contributed by atoms with van der Waals surface area (Å²) in [5, 5.41) is 11.4. The number of hydrogen-bond donors (Lipinski definition) is 2. The number of nitrogens with zero attached hydrogens (tertiary/aromatic N) is 2. The van der Waals surface area contributed by atoms with Crippen molar-refractivity contribution in [1.29, 1.82) is 0 Å². The van der Waals surface area contributed by atoms with Crippen LogP contribution in [-0.2, 0) is 0 Å². The normalized spacial score (nSPS) is 10.3. The Morgan fingerprint density at radius 3 is 2.59 bits per heavy atom. The van der Waals surface area contributed by atoms with Crippen LogP contribution < -0.4 is 5.32 Å². The van der Waals surface area contributed by atoms with Crippen LogP contribution in [0.4, 0.5) is 0 Å². The number of carbonyl (C=O) groups is 2. The minimum absolute atomic E-state index is 0.114. The van der Waals surface area contributed by atoms with Crippen LogP contribution in [0.15, 0.2) is 18.2 Å². The van der Waals surface area contributed by atoms with Crippen LogP contribution in [0.2, 0.25) is 0 Å². The van der Waals surface area contributed by atoms with Crippen molar-refractivity contribution in [1.82, 2.24) is 15.2 Å². The van der Waals surface area contributed by atoms with Gasteiger partial charge in [0.05, 0.1) is 0 Å². The van der Waals surface area contributed by atoms with Crippen molar-refractivity contribution >= 4 is 11.9 Å². The number of amides is 1. The van der Waals surface area contributed by atoms with E-state index in [4.69, 9.17) is 5.11 Å². The van der Waals surface area contributed by atoms with Crippen LogP contribution in [0.5, 0.6) is 0 Å². The SMILES string of the molecule is CN(C)CCNC(=O)c1cccc(C(=O)O)n1. The Kier molecular flexibility index (Phi) is 4.59. The second kappa shape index (κ2) is 5.95. The lowest BCUT2D eigenvalue weighted by Crippen LogP contribution is -2.32. The quantitative estimate of drug-likeness (QED) is 0.757. The van der Waals surface area contributed by atoms with Crippen molar-refractivity contribution in [2.75, 3.05) is 27.2 Å². The number of nitrogens with one attached hydrogen (secondary N) is 1. The molecule has 0 saturated carbocycles. The molecule has 0 bridgehead atoms. The molecule has 6 heteroatoms.